The van der Waals surface area contributed by atoms with Crippen molar-refractivity contribution in [3.8, 4) is 0 Å². The first-order chi connectivity index (χ1) is 10.0. The fraction of sp³-hybridized carbons (Fsp3) is 0.462. The molecule has 0 saturated heterocycles. The Hall–Kier alpha value is -1.64. The predicted octanol–water partition coefficient (Wildman–Crippen LogP) is -0.0939. The molecule has 0 aliphatic carbocycles. The van der Waals surface area contributed by atoms with Gasteiger partial charge in [-0.1, -0.05) is 12.1 Å². The third-order valence-corrected chi connectivity index (χ3v) is 4.19. The maximum Gasteiger partial charge on any atom is 0.240 e. The fourth-order valence-electron chi connectivity index (χ4n) is 1.65. The van der Waals surface area contributed by atoms with Crippen LogP contribution in [0.25, 0.3) is 0 Å². The van der Waals surface area contributed by atoms with Crippen LogP contribution in [0, 0.1) is 0 Å². The molecular formula is C13H22N4O3S. The summed E-state index contributed by atoms with van der Waals surface area (Å²) < 4.78 is 31.5. The van der Waals surface area contributed by atoms with E-state index in [1.807, 2.05) is 6.07 Å². The minimum atomic E-state index is -3.51. The maximum absolute atomic E-state index is 12.1. The van der Waals surface area contributed by atoms with E-state index in [1.54, 1.807) is 32.3 Å². The zero-order chi connectivity index (χ0) is 15.7. The highest BCUT2D eigenvalue weighted by Gasteiger charge is 2.13. The molecule has 0 bridgehead atoms. The lowest BCUT2D eigenvalue weighted by atomic mass is 10.2. The molecule has 0 spiro atoms. The summed E-state index contributed by atoms with van der Waals surface area (Å²) in [5, 5.41) is 5.97. The van der Waals surface area contributed by atoms with Crippen LogP contribution >= 0.6 is 0 Å². The molecule has 3 N–H and O–H groups in total. The van der Waals surface area contributed by atoms with Gasteiger partial charge in [-0.05, 0) is 17.7 Å². The van der Waals surface area contributed by atoms with Crippen molar-refractivity contribution >= 4 is 16.0 Å². The quantitative estimate of drug-likeness (QED) is 0.371. The molecule has 118 valence electrons. The van der Waals surface area contributed by atoms with E-state index in [9.17, 15) is 8.42 Å². The molecule has 0 radical (unpaired) electrons. The molecule has 8 heteroatoms. The summed E-state index contributed by atoms with van der Waals surface area (Å²) >= 11 is 0. The van der Waals surface area contributed by atoms with Crippen LogP contribution in [0.5, 0.6) is 0 Å². The Morgan fingerprint density at radius 1 is 1.38 bits per heavy atom. The molecule has 1 aromatic rings. The second-order valence-corrected chi connectivity index (χ2v) is 5.98. The number of hydrogen-bond donors (Lipinski definition) is 3. The molecular weight excluding hydrogens is 292 g/mol. The minimum Gasteiger partial charge on any atom is -0.383 e. The van der Waals surface area contributed by atoms with Crippen molar-refractivity contribution in [1.82, 2.24) is 15.4 Å². The summed E-state index contributed by atoms with van der Waals surface area (Å²) in [6.07, 6.45) is 0. The molecule has 0 fully saturated rings. The number of ether oxygens (including phenoxy) is 1. The summed E-state index contributed by atoms with van der Waals surface area (Å²) in [6, 6.07) is 6.75. The lowest BCUT2D eigenvalue weighted by Gasteiger charge is -2.10. The highest BCUT2D eigenvalue weighted by molar-refractivity contribution is 7.89. The van der Waals surface area contributed by atoms with Crippen molar-refractivity contribution in [3.63, 3.8) is 0 Å². The molecule has 1 aromatic carbocycles. The van der Waals surface area contributed by atoms with Crippen molar-refractivity contribution in [2.24, 2.45) is 4.99 Å². The molecule has 0 aliphatic heterocycles. The average molecular weight is 314 g/mol. The molecule has 0 aromatic heterocycles. The van der Waals surface area contributed by atoms with Crippen LogP contribution in [-0.2, 0) is 21.3 Å². The van der Waals surface area contributed by atoms with Crippen LogP contribution in [-0.4, -0.2) is 48.7 Å². The topological polar surface area (TPSA) is 91.8 Å². The van der Waals surface area contributed by atoms with Crippen LogP contribution in [0.3, 0.4) is 0 Å². The van der Waals surface area contributed by atoms with Gasteiger partial charge < -0.3 is 15.4 Å². The monoisotopic (exact) mass is 314 g/mol. The summed E-state index contributed by atoms with van der Waals surface area (Å²) in [4.78, 5) is 4.23. The maximum atomic E-state index is 12.1. The third-order valence-electron chi connectivity index (χ3n) is 2.73. The number of nitrogens with zero attached hydrogens (tertiary/aromatic N) is 1. The molecule has 1 rings (SSSR count). The lowest BCUT2D eigenvalue weighted by Crippen LogP contribution is -2.34. The number of rotatable bonds is 7. The van der Waals surface area contributed by atoms with Crippen LogP contribution in [0.4, 0.5) is 0 Å². The Morgan fingerprint density at radius 3 is 2.76 bits per heavy atom. The van der Waals surface area contributed by atoms with E-state index in [0.29, 0.717) is 19.1 Å². The van der Waals surface area contributed by atoms with Crippen LogP contribution < -0.4 is 15.4 Å². The van der Waals surface area contributed by atoms with Crippen molar-refractivity contribution in [1.29, 1.82) is 0 Å². The van der Waals surface area contributed by atoms with Crippen molar-refractivity contribution in [3.05, 3.63) is 29.8 Å². The number of nitrogens with one attached hydrogen (secondary N) is 3. The van der Waals surface area contributed by atoms with E-state index in [4.69, 9.17) is 4.74 Å². The van der Waals surface area contributed by atoms with Gasteiger partial charge >= 0.3 is 0 Å². The third kappa shape index (κ3) is 5.70. The number of hydrogen-bond acceptors (Lipinski definition) is 4. The molecule has 0 amide bonds. The first-order valence-electron chi connectivity index (χ1n) is 6.49. The molecule has 0 atom stereocenters. The van der Waals surface area contributed by atoms with Gasteiger partial charge in [-0.2, -0.15) is 0 Å². The number of sulfonamides is 1. The molecule has 21 heavy (non-hydrogen) atoms. The number of guanidine groups is 1. The molecule has 0 aliphatic rings. The van der Waals surface area contributed by atoms with Crippen molar-refractivity contribution < 1.29 is 13.2 Å². The Balaban J connectivity index is 2.75. The Kier molecular flexibility index (Phi) is 7.13. The Bertz CT molecular complexity index is 573. The first-order valence-corrected chi connectivity index (χ1v) is 7.97. The SMILES string of the molecule is CN=C(NC)NCc1cccc(S(=O)(=O)NCCOC)c1. The van der Waals surface area contributed by atoms with Crippen LogP contribution in [0.15, 0.2) is 34.2 Å². The van der Waals surface area contributed by atoms with E-state index >= 15 is 0 Å². The van der Waals surface area contributed by atoms with Gasteiger partial charge in [-0.25, -0.2) is 13.1 Å². The normalized spacial score (nSPS) is 12.2. The minimum absolute atomic E-state index is 0.234. The van der Waals surface area contributed by atoms with Crippen LogP contribution in [0.2, 0.25) is 0 Å². The Labute approximate surface area is 125 Å². The van der Waals surface area contributed by atoms with Gasteiger partial charge in [0.1, 0.15) is 0 Å². The molecule has 7 nitrogen and oxygen atoms in total. The van der Waals surface area contributed by atoms with Gasteiger partial charge in [-0.3, -0.25) is 4.99 Å². The smallest absolute Gasteiger partial charge is 0.240 e. The number of aliphatic imine (C=N–C) groups is 1. The van der Waals surface area contributed by atoms with Gasteiger partial charge in [0, 0.05) is 34.3 Å². The molecule has 0 heterocycles. The highest BCUT2D eigenvalue weighted by Crippen LogP contribution is 2.11. The Morgan fingerprint density at radius 2 is 2.14 bits per heavy atom. The highest BCUT2D eigenvalue weighted by atomic mass is 32.2. The van der Waals surface area contributed by atoms with Gasteiger partial charge in [0.15, 0.2) is 5.96 Å². The zero-order valence-electron chi connectivity index (χ0n) is 12.5. The van der Waals surface area contributed by atoms with E-state index < -0.39 is 10.0 Å². The largest absolute Gasteiger partial charge is 0.383 e. The molecule has 0 unspecified atom stereocenters. The van der Waals surface area contributed by atoms with E-state index in [-0.39, 0.29) is 11.4 Å². The van der Waals surface area contributed by atoms with Crippen molar-refractivity contribution in [2.75, 3.05) is 34.4 Å². The summed E-state index contributed by atoms with van der Waals surface area (Å²) in [6.45, 7) is 1.06. The standard InChI is InChI=1S/C13H22N4O3S/c1-14-13(15-2)16-10-11-5-4-6-12(9-11)21(18,19)17-7-8-20-3/h4-6,9,17H,7-8,10H2,1-3H3,(H2,14,15,16). The zero-order valence-corrected chi connectivity index (χ0v) is 13.3. The lowest BCUT2D eigenvalue weighted by molar-refractivity contribution is 0.204. The number of benzene rings is 1. The average Bonchev–Trinajstić information content (AvgIpc) is 2.49. The fourth-order valence-corrected chi connectivity index (χ4v) is 2.73. The van der Waals surface area contributed by atoms with E-state index in [0.717, 1.165) is 5.56 Å². The summed E-state index contributed by atoms with van der Waals surface area (Å²) in [7, 11) is 1.44. The van der Waals surface area contributed by atoms with E-state index in [2.05, 4.69) is 20.3 Å². The second-order valence-electron chi connectivity index (χ2n) is 4.21. The predicted molar refractivity (Wildman–Crippen MR) is 82.8 cm³/mol. The van der Waals surface area contributed by atoms with Gasteiger partial charge in [-0.15, -0.1) is 0 Å². The van der Waals surface area contributed by atoms with Gasteiger partial charge in [0.05, 0.1) is 11.5 Å². The van der Waals surface area contributed by atoms with Crippen LogP contribution in [0.1, 0.15) is 5.56 Å². The van der Waals surface area contributed by atoms with E-state index in [1.165, 1.54) is 7.11 Å². The van der Waals surface area contributed by atoms with Crippen molar-refractivity contribution in [2.45, 2.75) is 11.4 Å². The first kappa shape index (κ1) is 17.4. The number of methoxy groups -OCH3 is 1. The van der Waals surface area contributed by atoms with Gasteiger partial charge in [0.25, 0.3) is 0 Å². The summed E-state index contributed by atoms with van der Waals surface area (Å²) in [5.41, 5.74) is 0.848. The molecule has 0 saturated carbocycles. The summed E-state index contributed by atoms with van der Waals surface area (Å²) in [5.74, 6) is 0.640. The van der Waals surface area contributed by atoms with Gasteiger partial charge in [0.2, 0.25) is 10.0 Å². The second kappa shape index (κ2) is 8.60.